The van der Waals surface area contributed by atoms with Crippen molar-refractivity contribution >= 4 is 5.95 Å². The van der Waals surface area contributed by atoms with Gasteiger partial charge in [0.1, 0.15) is 0 Å². The lowest BCUT2D eigenvalue weighted by Crippen LogP contribution is -1.99. The van der Waals surface area contributed by atoms with Crippen molar-refractivity contribution in [2.24, 2.45) is 0 Å². The molecule has 5 nitrogen and oxygen atoms in total. The molecular weight excluding hydrogens is 238 g/mol. The summed E-state index contributed by atoms with van der Waals surface area (Å²) in [7, 11) is 0. The van der Waals surface area contributed by atoms with Crippen molar-refractivity contribution in [3.63, 3.8) is 0 Å². The highest BCUT2D eigenvalue weighted by atomic mass is 15.3. The summed E-state index contributed by atoms with van der Waals surface area (Å²) < 4.78 is 1.88. The third-order valence-corrected chi connectivity index (χ3v) is 2.96. The van der Waals surface area contributed by atoms with E-state index in [1.807, 2.05) is 48.0 Å². The van der Waals surface area contributed by atoms with Crippen molar-refractivity contribution < 1.29 is 0 Å². The van der Waals surface area contributed by atoms with Crippen molar-refractivity contribution in [1.29, 1.82) is 0 Å². The predicted molar refractivity (Wildman–Crippen MR) is 73.7 cm³/mol. The van der Waals surface area contributed by atoms with Crippen LogP contribution in [-0.4, -0.2) is 19.7 Å². The van der Waals surface area contributed by atoms with Gasteiger partial charge in [-0.15, -0.1) is 0 Å². The Morgan fingerprint density at radius 3 is 2.63 bits per heavy atom. The molecule has 0 aliphatic heterocycles. The van der Waals surface area contributed by atoms with Crippen LogP contribution in [-0.2, 0) is 0 Å². The van der Waals surface area contributed by atoms with Gasteiger partial charge >= 0.3 is 0 Å². The highest BCUT2D eigenvalue weighted by Gasteiger charge is 2.11. The highest BCUT2D eigenvalue weighted by molar-refractivity contribution is 5.62. The van der Waals surface area contributed by atoms with Gasteiger partial charge in [0.15, 0.2) is 0 Å². The fourth-order valence-corrected chi connectivity index (χ4v) is 2.01. The van der Waals surface area contributed by atoms with Crippen LogP contribution < -0.4 is 5.73 Å². The second-order valence-corrected chi connectivity index (χ2v) is 4.19. The van der Waals surface area contributed by atoms with E-state index in [0.717, 1.165) is 22.6 Å². The van der Waals surface area contributed by atoms with E-state index in [2.05, 4.69) is 15.1 Å². The largest absolute Gasteiger partial charge is 0.368 e. The van der Waals surface area contributed by atoms with Crippen molar-refractivity contribution in [3.8, 4) is 16.9 Å². The summed E-state index contributed by atoms with van der Waals surface area (Å²) in [4.78, 5) is 8.12. The fourth-order valence-electron chi connectivity index (χ4n) is 2.01. The fraction of sp³-hybridized carbons (Fsp3) is 0.0714. The smallest absolute Gasteiger partial charge is 0.220 e. The predicted octanol–water partition coefficient (Wildman–Crippen LogP) is 2.22. The van der Waals surface area contributed by atoms with E-state index in [1.54, 1.807) is 12.4 Å². The zero-order valence-corrected chi connectivity index (χ0v) is 10.5. The van der Waals surface area contributed by atoms with Gasteiger partial charge in [0.05, 0.1) is 23.3 Å². The van der Waals surface area contributed by atoms with Gasteiger partial charge in [-0.3, -0.25) is 0 Å². The molecule has 0 unspecified atom stereocenters. The Morgan fingerprint density at radius 1 is 1.11 bits per heavy atom. The van der Waals surface area contributed by atoms with E-state index in [9.17, 15) is 0 Å². The van der Waals surface area contributed by atoms with Crippen LogP contribution in [0.25, 0.3) is 16.9 Å². The Balaban J connectivity index is 2.09. The molecule has 0 saturated carbocycles. The van der Waals surface area contributed by atoms with E-state index < -0.39 is 0 Å². The SMILES string of the molecule is Cc1c(-c2ccnc(N)n2)cnn1-c1ccccc1. The van der Waals surface area contributed by atoms with Gasteiger partial charge in [-0.05, 0) is 25.1 Å². The Kier molecular flexibility index (Phi) is 2.72. The first-order valence-corrected chi connectivity index (χ1v) is 5.94. The number of anilines is 1. The minimum Gasteiger partial charge on any atom is -0.368 e. The third-order valence-electron chi connectivity index (χ3n) is 2.96. The monoisotopic (exact) mass is 251 g/mol. The first-order chi connectivity index (χ1) is 9.25. The zero-order valence-electron chi connectivity index (χ0n) is 10.5. The number of nitrogens with zero attached hydrogens (tertiary/aromatic N) is 4. The number of benzene rings is 1. The van der Waals surface area contributed by atoms with Gasteiger partial charge in [0.25, 0.3) is 0 Å². The molecule has 3 aromatic rings. The van der Waals surface area contributed by atoms with Gasteiger partial charge in [-0.25, -0.2) is 14.6 Å². The molecule has 2 N–H and O–H groups in total. The Labute approximate surface area is 110 Å². The topological polar surface area (TPSA) is 69.6 Å². The van der Waals surface area contributed by atoms with Gasteiger partial charge in [0, 0.05) is 11.8 Å². The normalized spacial score (nSPS) is 10.6. The molecule has 0 bridgehead atoms. The maximum Gasteiger partial charge on any atom is 0.220 e. The van der Waals surface area contributed by atoms with E-state index in [0.29, 0.717) is 0 Å². The molecule has 0 fully saturated rings. The molecule has 19 heavy (non-hydrogen) atoms. The molecule has 2 heterocycles. The first-order valence-electron chi connectivity index (χ1n) is 5.94. The number of nitrogen functional groups attached to an aromatic ring is 1. The second-order valence-electron chi connectivity index (χ2n) is 4.19. The summed E-state index contributed by atoms with van der Waals surface area (Å²) in [6.45, 7) is 2.01. The Bertz CT molecular complexity index is 703. The molecule has 2 aromatic heterocycles. The molecule has 0 atom stereocenters. The van der Waals surface area contributed by atoms with Crippen LogP contribution in [0.15, 0.2) is 48.8 Å². The molecule has 0 spiro atoms. The van der Waals surface area contributed by atoms with Crippen LogP contribution in [0.4, 0.5) is 5.95 Å². The number of nitrogens with two attached hydrogens (primary N) is 1. The lowest BCUT2D eigenvalue weighted by atomic mass is 10.2. The van der Waals surface area contributed by atoms with Crippen molar-refractivity contribution in [3.05, 3.63) is 54.5 Å². The van der Waals surface area contributed by atoms with E-state index in [4.69, 9.17) is 5.73 Å². The quantitative estimate of drug-likeness (QED) is 0.758. The van der Waals surface area contributed by atoms with Crippen molar-refractivity contribution in [1.82, 2.24) is 19.7 Å². The summed E-state index contributed by atoms with van der Waals surface area (Å²) in [5.41, 5.74) is 9.39. The first kappa shape index (κ1) is 11.4. The second kappa shape index (κ2) is 4.53. The number of aromatic nitrogens is 4. The van der Waals surface area contributed by atoms with Gasteiger partial charge < -0.3 is 5.73 Å². The molecule has 0 saturated heterocycles. The lowest BCUT2D eigenvalue weighted by molar-refractivity contribution is 0.847. The zero-order chi connectivity index (χ0) is 13.2. The van der Waals surface area contributed by atoms with Crippen LogP contribution in [0.2, 0.25) is 0 Å². The Morgan fingerprint density at radius 2 is 1.89 bits per heavy atom. The number of hydrogen-bond donors (Lipinski definition) is 1. The van der Waals surface area contributed by atoms with E-state index in [1.165, 1.54) is 0 Å². The number of para-hydroxylation sites is 1. The Hall–Kier alpha value is -2.69. The lowest BCUT2D eigenvalue weighted by Gasteiger charge is -2.05. The molecule has 0 amide bonds. The molecule has 1 aromatic carbocycles. The van der Waals surface area contributed by atoms with Gasteiger partial charge in [-0.1, -0.05) is 18.2 Å². The summed E-state index contributed by atoms with van der Waals surface area (Å²) in [6.07, 6.45) is 3.45. The van der Waals surface area contributed by atoms with E-state index in [-0.39, 0.29) is 5.95 Å². The standard InChI is InChI=1S/C14H13N5/c1-10-12(13-7-8-16-14(15)18-13)9-17-19(10)11-5-3-2-4-6-11/h2-9H,1H3,(H2,15,16,18). The van der Waals surface area contributed by atoms with Crippen molar-refractivity contribution in [2.45, 2.75) is 6.92 Å². The van der Waals surface area contributed by atoms with Crippen molar-refractivity contribution in [2.75, 3.05) is 5.73 Å². The maximum atomic E-state index is 5.61. The minimum atomic E-state index is 0.268. The minimum absolute atomic E-state index is 0.268. The van der Waals surface area contributed by atoms with Crippen LogP contribution >= 0.6 is 0 Å². The van der Waals surface area contributed by atoms with Crippen LogP contribution in [0, 0.1) is 6.92 Å². The number of rotatable bonds is 2. The average Bonchev–Trinajstić information content (AvgIpc) is 2.81. The maximum absolute atomic E-state index is 5.61. The summed E-state index contributed by atoms with van der Waals surface area (Å²) in [6, 6.07) is 11.8. The molecule has 0 aliphatic carbocycles. The third kappa shape index (κ3) is 2.06. The summed E-state index contributed by atoms with van der Waals surface area (Å²) in [5.74, 6) is 0.268. The summed E-state index contributed by atoms with van der Waals surface area (Å²) in [5, 5.41) is 4.41. The molecule has 94 valence electrons. The van der Waals surface area contributed by atoms with Crippen LogP contribution in [0.5, 0.6) is 0 Å². The summed E-state index contributed by atoms with van der Waals surface area (Å²) >= 11 is 0. The molecular formula is C14H13N5. The molecule has 3 rings (SSSR count). The van der Waals surface area contributed by atoms with Crippen LogP contribution in [0.3, 0.4) is 0 Å². The van der Waals surface area contributed by atoms with E-state index >= 15 is 0 Å². The number of hydrogen-bond acceptors (Lipinski definition) is 4. The van der Waals surface area contributed by atoms with Gasteiger partial charge in [-0.2, -0.15) is 5.10 Å². The van der Waals surface area contributed by atoms with Gasteiger partial charge in [0.2, 0.25) is 5.95 Å². The highest BCUT2D eigenvalue weighted by Crippen LogP contribution is 2.23. The molecule has 0 aliphatic rings. The average molecular weight is 251 g/mol. The molecule has 5 heteroatoms. The van der Waals surface area contributed by atoms with Crippen LogP contribution in [0.1, 0.15) is 5.69 Å². The molecule has 0 radical (unpaired) electrons.